The molecule has 0 atom stereocenters. The van der Waals surface area contributed by atoms with Crippen molar-refractivity contribution in [3.8, 4) is 11.6 Å². The molecule has 0 aliphatic rings. The van der Waals surface area contributed by atoms with Crippen LogP contribution >= 0.6 is 23.4 Å². The van der Waals surface area contributed by atoms with Gasteiger partial charge in [-0.1, -0.05) is 41.6 Å². The van der Waals surface area contributed by atoms with Crippen LogP contribution in [-0.2, 0) is 0 Å². The number of nitrogens with zero attached hydrogens (tertiary/aromatic N) is 3. The lowest BCUT2D eigenvalue weighted by Crippen LogP contribution is -2.23. The van der Waals surface area contributed by atoms with Crippen molar-refractivity contribution in [3.63, 3.8) is 0 Å². The number of hydrogen-bond donors (Lipinski definition) is 0. The maximum absolute atomic E-state index is 13.1. The van der Waals surface area contributed by atoms with E-state index in [0.29, 0.717) is 39.3 Å². The minimum atomic E-state index is -0.131. The van der Waals surface area contributed by atoms with Crippen LogP contribution in [0, 0.1) is 6.92 Å². The van der Waals surface area contributed by atoms with E-state index in [2.05, 4.69) is 4.98 Å². The standard InChI is InChI=1S/C22H18ClN3O2S/c1-15-6-11-20(24-14-15)26-21(27)18-4-2-3-5-19(18)25-22(26)29-13-12-28-17-9-7-16(23)8-10-17/h2-11,14H,12-13H2,1H3. The zero-order chi connectivity index (χ0) is 20.2. The van der Waals surface area contributed by atoms with Crippen LogP contribution in [-0.4, -0.2) is 26.9 Å². The normalized spacial score (nSPS) is 11.0. The van der Waals surface area contributed by atoms with E-state index in [1.165, 1.54) is 11.8 Å². The van der Waals surface area contributed by atoms with Crippen LogP contribution in [0.1, 0.15) is 5.56 Å². The number of halogens is 1. The van der Waals surface area contributed by atoms with Crippen molar-refractivity contribution >= 4 is 34.3 Å². The third-order valence-corrected chi connectivity index (χ3v) is 5.42. The van der Waals surface area contributed by atoms with Gasteiger partial charge in [0.25, 0.3) is 5.56 Å². The Morgan fingerprint density at radius 3 is 2.62 bits per heavy atom. The van der Waals surface area contributed by atoms with Gasteiger partial charge in [0.05, 0.1) is 17.5 Å². The van der Waals surface area contributed by atoms with Crippen LogP contribution in [0.2, 0.25) is 5.02 Å². The fourth-order valence-electron chi connectivity index (χ4n) is 2.83. The highest BCUT2D eigenvalue weighted by Gasteiger charge is 2.14. The lowest BCUT2D eigenvalue weighted by atomic mass is 10.2. The van der Waals surface area contributed by atoms with Crippen LogP contribution in [0.5, 0.6) is 5.75 Å². The molecule has 0 radical (unpaired) electrons. The summed E-state index contributed by atoms with van der Waals surface area (Å²) in [4.78, 5) is 22.3. The molecular weight excluding hydrogens is 406 g/mol. The van der Waals surface area contributed by atoms with E-state index in [0.717, 1.165) is 11.3 Å². The number of thioether (sulfide) groups is 1. The largest absolute Gasteiger partial charge is 0.493 e. The molecular formula is C22H18ClN3O2S. The molecule has 4 rings (SSSR count). The molecule has 0 fully saturated rings. The summed E-state index contributed by atoms with van der Waals surface area (Å²) in [5, 5.41) is 1.82. The van der Waals surface area contributed by atoms with E-state index >= 15 is 0 Å². The van der Waals surface area contributed by atoms with Gasteiger partial charge >= 0.3 is 0 Å². The fourth-order valence-corrected chi connectivity index (χ4v) is 3.77. The van der Waals surface area contributed by atoms with Crippen LogP contribution in [0.15, 0.2) is 76.8 Å². The van der Waals surface area contributed by atoms with Crippen molar-refractivity contribution in [1.82, 2.24) is 14.5 Å². The van der Waals surface area contributed by atoms with Crippen LogP contribution < -0.4 is 10.3 Å². The second-order valence-corrected chi connectivity index (χ2v) is 7.90. The van der Waals surface area contributed by atoms with Gasteiger partial charge in [-0.25, -0.2) is 14.5 Å². The first kappa shape index (κ1) is 19.5. The molecule has 2 aromatic heterocycles. The average molecular weight is 424 g/mol. The van der Waals surface area contributed by atoms with Crippen molar-refractivity contribution in [2.75, 3.05) is 12.4 Å². The summed E-state index contributed by atoms with van der Waals surface area (Å²) in [6, 6.07) is 18.3. The minimum absolute atomic E-state index is 0.131. The molecule has 0 bridgehead atoms. The van der Waals surface area contributed by atoms with Gasteiger partial charge in [-0.05, 0) is 55.0 Å². The summed E-state index contributed by atoms with van der Waals surface area (Å²) in [6.07, 6.45) is 1.75. The van der Waals surface area contributed by atoms with Gasteiger partial charge in [-0.15, -0.1) is 0 Å². The van der Waals surface area contributed by atoms with Gasteiger partial charge in [0.1, 0.15) is 11.6 Å². The van der Waals surface area contributed by atoms with Gasteiger partial charge in [0.15, 0.2) is 5.16 Å². The molecule has 29 heavy (non-hydrogen) atoms. The number of aromatic nitrogens is 3. The Hall–Kier alpha value is -2.83. The van der Waals surface area contributed by atoms with Crippen LogP contribution in [0.25, 0.3) is 16.7 Å². The molecule has 146 valence electrons. The summed E-state index contributed by atoms with van der Waals surface area (Å²) < 4.78 is 7.32. The first-order chi connectivity index (χ1) is 14.1. The topological polar surface area (TPSA) is 57.0 Å². The maximum atomic E-state index is 13.1. The number of fused-ring (bicyclic) bond motifs is 1. The Balaban J connectivity index is 1.61. The predicted molar refractivity (Wildman–Crippen MR) is 118 cm³/mol. The lowest BCUT2D eigenvalue weighted by molar-refractivity contribution is 0.344. The zero-order valence-corrected chi connectivity index (χ0v) is 17.3. The molecule has 0 spiro atoms. The van der Waals surface area contributed by atoms with Gasteiger partial charge in [0, 0.05) is 17.0 Å². The van der Waals surface area contributed by atoms with Crippen molar-refractivity contribution in [2.24, 2.45) is 0 Å². The van der Waals surface area contributed by atoms with Gasteiger partial charge in [-0.2, -0.15) is 0 Å². The third-order valence-electron chi connectivity index (χ3n) is 4.27. The van der Waals surface area contributed by atoms with Crippen LogP contribution in [0.3, 0.4) is 0 Å². The zero-order valence-electron chi connectivity index (χ0n) is 15.7. The molecule has 0 N–H and O–H groups in total. The SMILES string of the molecule is Cc1ccc(-n2c(SCCOc3ccc(Cl)cc3)nc3ccccc3c2=O)nc1. The first-order valence-corrected chi connectivity index (χ1v) is 10.4. The molecule has 2 heterocycles. The Morgan fingerprint density at radius 1 is 1.07 bits per heavy atom. The molecule has 4 aromatic rings. The van der Waals surface area contributed by atoms with E-state index in [9.17, 15) is 4.79 Å². The number of hydrogen-bond acceptors (Lipinski definition) is 5. The number of benzene rings is 2. The quantitative estimate of drug-likeness (QED) is 0.250. The molecule has 0 aliphatic heterocycles. The Bertz CT molecular complexity index is 1190. The lowest BCUT2D eigenvalue weighted by Gasteiger charge is -2.13. The molecule has 0 saturated carbocycles. The van der Waals surface area contributed by atoms with Crippen molar-refractivity contribution < 1.29 is 4.74 Å². The second kappa shape index (κ2) is 8.68. The molecule has 2 aromatic carbocycles. The van der Waals surface area contributed by atoms with E-state index in [-0.39, 0.29) is 5.56 Å². The van der Waals surface area contributed by atoms with Crippen molar-refractivity contribution in [1.29, 1.82) is 0 Å². The molecule has 0 saturated heterocycles. The molecule has 0 unspecified atom stereocenters. The predicted octanol–water partition coefficient (Wildman–Crippen LogP) is 4.91. The van der Waals surface area contributed by atoms with E-state index < -0.39 is 0 Å². The summed E-state index contributed by atoms with van der Waals surface area (Å²) in [6.45, 7) is 2.43. The number of rotatable bonds is 6. The van der Waals surface area contributed by atoms with Crippen molar-refractivity contribution in [2.45, 2.75) is 12.1 Å². The Morgan fingerprint density at radius 2 is 1.86 bits per heavy atom. The number of ether oxygens (including phenoxy) is 1. The van der Waals surface area contributed by atoms with Gasteiger partial charge < -0.3 is 4.74 Å². The van der Waals surface area contributed by atoms with E-state index in [4.69, 9.17) is 21.3 Å². The number of aryl methyl sites for hydroxylation is 1. The summed E-state index contributed by atoms with van der Waals surface area (Å²) in [5.74, 6) is 1.93. The fraction of sp³-hybridized carbons (Fsp3) is 0.136. The summed E-state index contributed by atoms with van der Waals surface area (Å²) in [5.41, 5.74) is 1.57. The molecule has 0 amide bonds. The highest BCUT2D eigenvalue weighted by Crippen LogP contribution is 2.21. The van der Waals surface area contributed by atoms with Gasteiger partial charge in [-0.3, -0.25) is 4.79 Å². The highest BCUT2D eigenvalue weighted by molar-refractivity contribution is 7.99. The monoisotopic (exact) mass is 423 g/mol. The molecule has 5 nitrogen and oxygen atoms in total. The Kier molecular flexibility index (Phi) is 5.83. The summed E-state index contributed by atoms with van der Waals surface area (Å²) in [7, 11) is 0. The smallest absolute Gasteiger partial charge is 0.267 e. The third kappa shape index (κ3) is 4.44. The number of para-hydroxylation sites is 1. The van der Waals surface area contributed by atoms with Crippen LogP contribution in [0.4, 0.5) is 0 Å². The van der Waals surface area contributed by atoms with E-state index in [1.807, 2.05) is 49.4 Å². The molecule has 0 aliphatic carbocycles. The second-order valence-electron chi connectivity index (χ2n) is 6.40. The van der Waals surface area contributed by atoms with E-state index in [1.54, 1.807) is 29.0 Å². The average Bonchev–Trinajstić information content (AvgIpc) is 2.74. The minimum Gasteiger partial charge on any atom is -0.493 e. The molecule has 7 heteroatoms. The highest BCUT2D eigenvalue weighted by atomic mass is 35.5. The van der Waals surface area contributed by atoms with Gasteiger partial charge in [0.2, 0.25) is 0 Å². The maximum Gasteiger partial charge on any atom is 0.267 e. The number of pyridine rings is 1. The first-order valence-electron chi connectivity index (χ1n) is 9.08. The van der Waals surface area contributed by atoms with Crippen molar-refractivity contribution in [3.05, 3.63) is 87.8 Å². The summed E-state index contributed by atoms with van der Waals surface area (Å²) >= 11 is 7.35. The Labute approximate surface area is 177 Å².